The SMILES string of the molecule is C[C@H](OC(=O)/C=C/c1ccc(Cl)cc1)C(=O)Nc1ccccc1[N+](=O)[O-]. The van der Waals surface area contributed by atoms with Crippen LogP contribution in [0.2, 0.25) is 5.02 Å². The van der Waals surface area contributed by atoms with Crippen LogP contribution in [0.15, 0.2) is 54.6 Å². The molecule has 0 saturated heterocycles. The number of esters is 1. The van der Waals surface area contributed by atoms with Crippen molar-refractivity contribution in [1.29, 1.82) is 0 Å². The molecule has 8 heteroatoms. The number of hydrogen-bond donors (Lipinski definition) is 1. The van der Waals surface area contributed by atoms with Gasteiger partial charge in [-0.15, -0.1) is 0 Å². The van der Waals surface area contributed by atoms with E-state index >= 15 is 0 Å². The molecular weight excluding hydrogens is 360 g/mol. The van der Waals surface area contributed by atoms with Gasteiger partial charge in [0.25, 0.3) is 11.6 Å². The highest BCUT2D eigenvalue weighted by molar-refractivity contribution is 6.30. The number of carbonyl (C=O) groups excluding carboxylic acids is 2. The van der Waals surface area contributed by atoms with E-state index in [0.717, 1.165) is 5.56 Å². The summed E-state index contributed by atoms with van der Waals surface area (Å²) in [6.45, 7) is 1.37. The number of nitro groups is 1. The summed E-state index contributed by atoms with van der Waals surface area (Å²) in [7, 11) is 0. The van der Waals surface area contributed by atoms with Gasteiger partial charge in [-0.1, -0.05) is 35.9 Å². The number of rotatable bonds is 6. The van der Waals surface area contributed by atoms with Gasteiger partial charge in [0.15, 0.2) is 6.10 Å². The number of para-hydroxylation sites is 2. The van der Waals surface area contributed by atoms with E-state index in [4.69, 9.17) is 16.3 Å². The van der Waals surface area contributed by atoms with Crippen LogP contribution in [0.5, 0.6) is 0 Å². The topological polar surface area (TPSA) is 98.5 Å². The molecule has 0 unspecified atom stereocenters. The van der Waals surface area contributed by atoms with E-state index in [1.807, 2.05) is 0 Å². The molecule has 26 heavy (non-hydrogen) atoms. The quantitative estimate of drug-likeness (QED) is 0.358. The van der Waals surface area contributed by atoms with Crippen LogP contribution < -0.4 is 5.32 Å². The van der Waals surface area contributed by atoms with Crippen molar-refractivity contribution in [2.75, 3.05) is 5.32 Å². The Morgan fingerprint density at radius 1 is 1.19 bits per heavy atom. The Labute approximate surface area is 154 Å². The molecule has 2 aromatic rings. The van der Waals surface area contributed by atoms with Crippen LogP contribution >= 0.6 is 11.6 Å². The monoisotopic (exact) mass is 374 g/mol. The Morgan fingerprint density at radius 3 is 2.50 bits per heavy atom. The fraction of sp³-hybridized carbons (Fsp3) is 0.111. The van der Waals surface area contributed by atoms with Crippen molar-refractivity contribution in [3.05, 3.63) is 75.3 Å². The Morgan fingerprint density at radius 2 is 1.85 bits per heavy atom. The predicted molar refractivity (Wildman–Crippen MR) is 97.8 cm³/mol. The van der Waals surface area contributed by atoms with Gasteiger partial charge >= 0.3 is 5.97 Å². The molecule has 0 fully saturated rings. The van der Waals surface area contributed by atoms with E-state index in [-0.39, 0.29) is 11.4 Å². The first-order valence-corrected chi connectivity index (χ1v) is 7.93. The van der Waals surface area contributed by atoms with Gasteiger partial charge in [-0.2, -0.15) is 0 Å². The van der Waals surface area contributed by atoms with Crippen LogP contribution in [-0.2, 0) is 14.3 Å². The van der Waals surface area contributed by atoms with Gasteiger partial charge in [0.2, 0.25) is 0 Å². The summed E-state index contributed by atoms with van der Waals surface area (Å²) >= 11 is 5.77. The summed E-state index contributed by atoms with van der Waals surface area (Å²) in [4.78, 5) is 34.2. The Balaban J connectivity index is 1.95. The molecule has 2 rings (SSSR count). The Kier molecular flexibility index (Phi) is 6.46. The average Bonchev–Trinajstić information content (AvgIpc) is 2.61. The zero-order valence-corrected chi connectivity index (χ0v) is 14.5. The minimum Gasteiger partial charge on any atom is -0.449 e. The molecule has 0 heterocycles. The van der Waals surface area contributed by atoms with Gasteiger partial charge in [0.05, 0.1) is 4.92 Å². The summed E-state index contributed by atoms with van der Waals surface area (Å²) in [6, 6.07) is 12.5. The smallest absolute Gasteiger partial charge is 0.331 e. The van der Waals surface area contributed by atoms with E-state index < -0.39 is 22.9 Å². The third kappa shape index (κ3) is 5.42. The van der Waals surface area contributed by atoms with Gasteiger partial charge in [0, 0.05) is 17.2 Å². The van der Waals surface area contributed by atoms with Crippen LogP contribution in [0, 0.1) is 10.1 Å². The normalized spacial score (nSPS) is 11.8. The number of nitrogens with zero attached hydrogens (tertiary/aromatic N) is 1. The first-order valence-electron chi connectivity index (χ1n) is 7.55. The third-order valence-electron chi connectivity index (χ3n) is 3.30. The summed E-state index contributed by atoms with van der Waals surface area (Å²) in [6.07, 6.45) is 1.57. The summed E-state index contributed by atoms with van der Waals surface area (Å²) in [5.74, 6) is -1.39. The van der Waals surface area contributed by atoms with Gasteiger partial charge in [-0.25, -0.2) is 4.79 Å². The number of amides is 1. The number of ether oxygens (including phenoxy) is 1. The second-order valence-electron chi connectivity index (χ2n) is 5.23. The van der Waals surface area contributed by atoms with Crippen molar-refractivity contribution in [1.82, 2.24) is 0 Å². The molecule has 0 aliphatic heterocycles. The molecule has 0 saturated carbocycles. The third-order valence-corrected chi connectivity index (χ3v) is 3.55. The number of halogens is 1. The van der Waals surface area contributed by atoms with E-state index in [2.05, 4.69) is 5.32 Å². The van der Waals surface area contributed by atoms with Crippen molar-refractivity contribution >= 4 is 40.9 Å². The molecule has 0 spiro atoms. The van der Waals surface area contributed by atoms with Crippen LogP contribution in [0.4, 0.5) is 11.4 Å². The highest BCUT2D eigenvalue weighted by Gasteiger charge is 2.20. The van der Waals surface area contributed by atoms with Crippen LogP contribution in [0.3, 0.4) is 0 Å². The molecule has 0 bridgehead atoms. The lowest BCUT2D eigenvalue weighted by molar-refractivity contribution is -0.383. The molecule has 0 aromatic heterocycles. The highest BCUT2D eigenvalue weighted by Crippen LogP contribution is 2.23. The minimum absolute atomic E-state index is 0.0297. The second kappa shape index (κ2) is 8.77. The van der Waals surface area contributed by atoms with Gasteiger partial charge in [-0.05, 0) is 36.8 Å². The predicted octanol–water partition coefficient (Wildman–Crippen LogP) is 3.83. The standard InChI is InChI=1S/C18H15ClN2O5/c1-12(18(23)20-15-4-2-3-5-16(15)21(24)25)26-17(22)11-8-13-6-9-14(19)10-7-13/h2-12H,1H3,(H,20,23)/b11-8+/t12-/m0/s1. The summed E-state index contributed by atoms with van der Waals surface area (Å²) in [5, 5.41) is 13.9. The lowest BCUT2D eigenvalue weighted by Gasteiger charge is -2.12. The zero-order valence-electron chi connectivity index (χ0n) is 13.7. The van der Waals surface area contributed by atoms with Gasteiger partial charge < -0.3 is 10.1 Å². The van der Waals surface area contributed by atoms with Crippen molar-refractivity contribution in [3.63, 3.8) is 0 Å². The lowest BCUT2D eigenvalue weighted by Crippen LogP contribution is -2.29. The van der Waals surface area contributed by atoms with E-state index in [1.54, 1.807) is 30.3 Å². The number of nitro benzene ring substituents is 1. The van der Waals surface area contributed by atoms with Gasteiger partial charge in [0.1, 0.15) is 5.69 Å². The number of anilines is 1. The molecule has 0 aliphatic carbocycles. The number of nitrogens with one attached hydrogen (secondary N) is 1. The van der Waals surface area contributed by atoms with E-state index in [0.29, 0.717) is 5.02 Å². The van der Waals surface area contributed by atoms with Crippen LogP contribution in [0.25, 0.3) is 6.08 Å². The first kappa shape index (κ1) is 19.1. The first-order chi connectivity index (χ1) is 12.4. The maximum atomic E-state index is 12.1. The van der Waals surface area contributed by atoms with Crippen LogP contribution in [0.1, 0.15) is 12.5 Å². The molecule has 2 aromatic carbocycles. The lowest BCUT2D eigenvalue weighted by atomic mass is 10.2. The zero-order chi connectivity index (χ0) is 19.1. The second-order valence-corrected chi connectivity index (χ2v) is 5.66. The van der Waals surface area contributed by atoms with E-state index in [9.17, 15) is 19.7 Å². The molecular formula is C18H15ClN2O5. The van der Waals surface area contributed by atoms with E-state index in [1.165, 1.54) is 37.3 Å². The van der Waals surface area contributed by atoms with Crippen LogP contribution in [-0.4, -0.2) is 22.9 Å². The van der Waals surface area contributed by atoms with Crippen molar-refractivity contribution in [2.24, 2.45) is 0 Å². The molecule has 7 nitrogen and oxygen atoms in total. The molecule has 1 N–H and O–H groups in total. The molecule has 1 atom stereocenters. The summed E-state index contributed by atoms with van der Waals surface area (Å²) in [5.41, 5.74) is 0.521. The maximum absolute atomic E-state index is 12.1. The Bertz CT molecular complexity index is 849. The Hall–Kier alpha value is -3.19. The minimum atomic E-state index is -1.13. The number of benzene rings is 2. The van der Waals surface area contributed by atoms with Crippen molar-refractivity contribution in [3.8, 4) is 0 Å². The fourth-order valence-electron chi connectivity index (χ4n) is 1.98. The van der Waals surface area contributed by atoms with Gasteiger partial charge in [-0.3, -0.25) is 14.9 Å². The molecule has 0 aliphatic rings. The average molecular weight is 375 g/mol. The molecule has 1 amide bonds. The number of carbonyl (C=O) groups is 2. The molecule has 0 radical (unpaired) electrons. The number of hydrogen-bond acceptors (Lipinski definition) is 5. The summed E-state index contributed by atoms with van der Waals surface area (Å²) < 4.78 is 5.00. The highest BCUT2D eigenvalue weighted by atomic mass is 35.5. The maximum Gasteiger partial charge on any atom is 0.331 e. The fourth-order valence-corrected chi connectivity index (χ4v) is 2.10. The van der Waals surface area contributed by atoms with Crippen molar-refractivity contribution in [2.45, 2.75) is 13.0 Å². The molecule has 134 valence electrons. The van der Waals surface area contributed by atoms with Crippen molar-refractivity contribution < 1.29 is 19.2 Å². The largest absolute Gasteiger partial charge is 0.449 e.